The molecule has 2 aromatic carbocycles. The predicted octanol–water partition coefficient (Wildman–Crippen LogP) is 3.00. The van der Waals surface area contributed by atoms with E-state index in [2.05, 4.69) is 5.32 Å². The molecule has 2 rings (SSSR count). The van der Waals surface area contributed by atoms with Crippen LogP contribution in [0.5, 0.6) is 0 Å². The lowest BCUT2D eigenvalue weighted by Gasteiger charge is -2.20. The van der Waals surface area contributed by atoms with Gasteiger partial charge >= 0.3 is 0 Å². The molecule has 0 saturated carbocycles. The Labute approximate surface area is 139 Å². The predicted molar refractivity (Wildman–Crippen MR) is 88.6 cm³/mol. The molecular formula is C16H16F2N2O3S. The van der Waals surface area contributed by atoms with Gasteiger partial charge in [-0.15, -0.1) is 0 Å². The average molecular weight is 354 g/mol. The molecule has 0 bridgehead atoms. The first-order valence-corrected chi connectivity index (χ1v) is 8.91. The number of sulfonamides is 1. The Morgan fingerprint density at radius 3 is 2.21 bits per heavy atom. The summed E-state index contributed by atoms with van der Waals surface area (Å²) in [5.41, 5.74) is 0.812. The van der Waals surface area contributed by atoms with Crippen LogP contribution >= 0.6 is 0 Å². The minimum Gasteiger partial charge on any atom is -0.322 e. The zero-order valence-corrected chi connectivity index (χ0v) is 13.9. The standard InChI is InChI=1S/C16H16F2N2O3S/c1-3-20(24(2,22)23)13-7-4-11(5-8-13)16(21)19-12-6-9-14(17)15(18)10-12/h4-10H,3H2,1-2H3,(H,19,21). The van der Waals surface area contributed by atoms with Crippen LogP contribution in [0.1, 0.15) is 17.3 Å². The molecule has 0 aliphatic heterocycles. The van der Waals surface area contributed by atoms with Gasteiger partial charge in [-0.25, -0.2) is 17.2 Å². The van der Waals surface area contributed by atoms with Crippen LogP contribution in [0.25, 0.3) is 0 Å². The van der Waals surface area contributed by atoms with Crippen LogP contribution in [-0.4, -0.2) is 27.1 Å². The lowest BCUT2D eigenvalue weighted by atomic mass is 10.2. The highest BCUT2D eigenvalue weighted by atomic mass is 32.2. The van der Waals surface area contributed by atoms with Crippen molar-refractivity contribution >= 4 is 27.3 Å². The zero-order chi connectivity index (χ0) is 17.9. The van der Waals surface area contributed by atoms with Crippen molar-refractivity contribution in [2.24, 2.45) is 0 Å². The van der Waals surface area contributed by atoms with Crippen molar-refractivity contribution in [3.8, 4) is 0 Å². The van der Waals surface area contributed by atoms with Crippen LogP contribution in [-0.2, 0) is 10.0 Å². The van der Waals surface area contributed by atoms with Gasteiger partial charge in [-0.3, -0.25) is 9.10 Å². The third-order valence-electron chi connectivity index (χ3n) is 3.28. The highest BCUT2D eigenvalue weighted by Crippen LogP contribution is 2.19. The van der Waals surface area contributed by atoms with Crippen LogP contribution < -0.4 is 9.62 Å². The van der Waals surface area contributed by atoms with Gasteiger partial charge in [0.15, 0.2) is 11.6 Å². The number of hydrogen-bond acceptors (Lipinski definition) is 3. The van der Waals surface area contributed by atoms with Crippen LogP contribution in [0.3, 0.4) is 0 Å². The van der Waals surface area contributed by atoms with E-state index in [1.54, 1.807) is 6.92 Å². The maximum atomic E-state index is 13.1. The van der Waals surface area contributed by atoms with Crippen LogP contribution in [0.15, 0.2) is 42.5 Å². The van der Waals surface area contributed by atoms with E-state index in [0.29, 0.717) is 5.69 Å². The first-order chi connectivity index (χ1) is 11.2. The summed E-state index contributed by atoms with van der Waals surface area (Å²) in [6.45, 7) is 1.96. The number of anilines is 2. The number of nitrogens with zero attached hydrogens (tertiary/aromatic N) is 1. The van der Waals surface area contributed by atoms with Crippen LogP contribution in [0.4, 0.5) is 20.2 Å². The molecule has 8 heteroatoms. The third-order valence-corrected chi connectivity index (χ3v) is 4.55. The Bertz CT molecular complexity index is 852. The quantitative estimate of drug-likeness (QED) is 0.898. The normalized spacial score (nSPS) is 11.2. The Morgan fingerprint density at radius 1 is 1.08 bits per heavy atom. The van der Waals surface area contributed by atoms with Gasteiger partial charge in [0.1, 0.15) is 0 Å². The minimum atomic E-state index is -3.40. The van der Waals surface area contributed by atoms with E-state index in [0.717, 1.165) is 18.4 Å². The van der Waals surface area contributed by atoms with Gasteiger partial charge in [0.2, 0.25) is 10.0 Å². The Hall–Kier alpha value is -2.48. The number of halogens is 2. The number of carbonyl (C=O) groups is 1. The van der Waals surface area contributed by atoms with E-state index in [1.165, 1.54) is 34.6 Å². The highest BCUT2D eigenvalue weighted by Gasteiger charge is 2.16. The Balaban J connectivity index is 2.18. The highest BCUT2D eigenvalue weighted by molar-refractivity contribution is 7.92. The molecule has 0 aliphatic carbocycles. The molecule has 0 spiro atoms. The van der Waals surface area contributed by atoms with Crippen molar-refractivity contribution in [3.63, 3.8) is 0 Å². The summed E-state index contributed by atoms with van der Waals surface area (Å²) >= 11 is 0. The summed E-state index contributed by atoms with van der Waals surface area (Å²) < 4.78 is 50.5. The van der Waals surface area contributed by atoms with E-state index in [9.17, 15) is 22.0 Å². The molecule has 0 aromatic heterocycles. The molecule has 0 radical (unpaired) electrons. The van der Waals surface area contributed by atoms with Crippen molar-refractivity contribution < 1.29 is 22.0 Å². The lowest BCUT2D eigenvalue weighted by Crippen LogP contribution is -2.29. The summed E-state index contributed by atoms with van der Waals surface area (Å²) in [6.07, 6.45) is 1.10. The van der Waals surface area contributed by atoms with Crippen molar-refractivity contribution in [1.82, 2.24) is 0 Å². The van der Waals surface area contributed by atoms with Gasteiger partial charge in [-0.05, 0) is 43.3 Å². The third kappa shape index (κ3) is 4.08. The summed E-state index contributed by atoms with van der Waals surface area (Å²) in [4.78, 5) is 12.1. The maximum Gasteiger partial charge on any atom is 0.255 e. The average Bonchev–Trinajstić information content (AvgIpc) is 2.51. The first-order valence-electron chi connectivity index (χ1n) is 7.06. The van der Waals surface area contributed by atoms with Gasteiger partial charge in [0, 0.05) is 23.9 Å². The molecule has 128 valence electrons. The Kier molecular flexibility index (Phi) is 5.18. The molecule has 0 unspecified atom stereocenters. The SMILES string of the molecule is CCN(c1ccc(C(=O)Nc2ccc(F)c(F)c2)cc1)S(C)(=O)=O. The summed E-state index contributed by atoms with van der Waals surface area (Å²) in [7, 11) is -3.40. The maximum absolute atomic E-state index is 13.1. The van der Waals surface area contributed by atoms with E-state index >= 15 is 0 Å². The minimum absolute atomic E-state index is 0.120. The number of nitrogens with one attached hydrogen (secondary N) is 1. The van der Waals surface area contributed by atoms with Gasteiger partial charge < -0.3 is 5.32 Å². The zero-order valence-electron chi connectivity index (χ0n) is 13.1. The fourth-order valence-electron chi connectivity index (χ4n) is 2.16. The molecule has 1 N–H and O–H groups in total. The van der Waals surface area contributed by atoms with Crippen molar-refractivity contribution in [3.05, 3.63) is 59.7 Å². The van der Waals surface area contributed by atoms with E-state index < -0.39 is 27.6 Å². The first kappa shape index (κ1) is 17.9. The van der Waals surface area contributed by atoms with Crippen molar-refractivity contribution in [2.75, 3.05) is 22.4 Å². The van der Waals surface area contributed by atoms with Gasteiger partial charge in [0.05, 0.1) is 11.9 Å². The second kappa shape index (κ2) is 6.96. The number of hydrogen-bond donors (Lipinski definition) is 1. The molecule has 0 heterocycles. The smallest absolute Gasteiger partial charge is 0.255 e. The molecule has 5 nitrogen and oxygen atoms in total. The fraction of sp³-hybridized carbons (Fsp3) is 0.188. The number of carbonyl (C=O) groups excluding carboxylic acids is 1. The number of rotatable bonds is 5. The second-order valence-electron chi connectivity index (χ2n) is 5.06. The van der Waals surface area contributed by atoms with E-state index in [4.69, 9.17) is 0 Å². The molecule has 0 fully saturated rings. The van der Waals surface area contributed by atoms with Crippen molar-refractivity contribution in [2.45, 2.75) is 6.92 Å². The van der Waals surface area contributed by atoms with Gasteiger partial charge in [-0.1, -0.05) is 0 Å². The number of benzene rings is 2. The monoisotopic (exact) mass is 354 g/mol. The molecule has 24 heavy (non-hydrogen) atoms. The molecule has 2 aromatic rings. The molecule has 0 saturated heterocycles. The van der Waals surface area contributed by atoms with Gasteiger partial charge in [0.25, 0.3) is 5.91 Å². The van der Waals surface area contributed by atoms with Crippen LogP contribution in [0, 0.1) is 11.6 Å². The summed E-state index contributed by atoms with van der Waals surface area (Å²) in [5.74, 6) is -2.58. The lowest BCUT2D eigenvalue weighted by molar-refractivity contribution is 0.102. The van der Waals surface area contributed by atoms with Crippen molar-refractivity contribution in [1.29, 1.82) is 0 Å². The van der Waals surface area contributed by atoms with Gasteiger partial charge in [-0.2, -0.15) is 0 Å². The van der Waals surface area contributed by atoms with Crippen LogP contribution in [0.2, 0.25) is 0 Å². The molecule has 1 amide bonds. The summed E-state index contributed by atoms with van der Waals surface area (Å²) in [5, 5.41) is 2.44. The largest absolute Gasteiger partial charge is 0.322 e. The summed E-state index contributed by atoms with van der Waals surface area (Å²) in [6, 6.07) is 8.96. The molecule has 0 atom stereocenters. The molecule has 0 aliphatic rings. The van der Waals surface area contributed by atoms with E-state index in [1.807, 2.05) is 0 Å². The number of amides is 1. The molecular weight excluding hydrogens is 338 g/mol. The topological polar surface area (TPSA) is 66.5 Å². The van der Waals surface area contributed by atoms with E-state index in [-0.39, 0.29) is 17.8 Å². The fourth-order valence-corrected chi connectivity index (χ4v) is 3.14. The second-order valence-corrected chi connectivity index (χ2v) is 6.96. The Morgan fingerprint density at radius 2 is 1.71 bits per heavy atom.